The number of nitrogens with zero attached hydrogens (tertiary/aromatic N) is 1. The molecule has 2 N–H and O–H groups in total. The molecule has 5 nitrogen and oxygen atoms in total. The van der Waals surface area contributed by atoms with Crippen LogP contribution in [0.1, 0.15) is 35.4 Å². The number of likely N-dealkylation sites (tertiary alicyclic amines) is 1. The highest BCUT2D eigenvalue weighted by Crippen LogP contribution is 2.18. The summed E-state index contributed by atoms with van der Waals surface area (Å²) >= 11 is 1.39. The number of piperidine rings is 1. The number of primary amides is 1. The van der Waals surface area contributed by atoms with Crippen molar-refractivity contribution in [3.8, 4) is 0 Å². The molecule has 1 aliphatic heterocycles. The second-order valence-electron chi connectivity index (χ2n) is 4.98. The topological polar surface area (TPSA) is 80.5 Å². The standard InChI is InChI=1S/C14H18N2O3S/c15-14(19)10-3-1-7-16(9-10)13(18)6-5-11(17)12-4-2-8-20-12/h2,4,8,10H,1,3,5-7,9H2,(H2,15,19). The average molecular weight is 294 g/mol. The smallest absolute Gasteiger partial charge is 0.223 e. The molecule has 0 bridgehead atoms. The molecule has 0 saturated carbocycles. The minimum atomic E-state index is -0.350. The summed E-state index contributed by atoms with van der Waals surface area (Å²) in [6, 6.07) is 3.59. The fraction of sp³-hybridized carbons (Fsp3) is 0.500. The first-order valence-corrected chi connectivity index (χ1v) is 7.59. The molecule has 0 aromatic carbocycles. The molecule has 1 fully saturated rings. The van der Waals surface area contributed by atoms with E-state index in [4.69, 9.17) is 5.73 Å². The Balaban J connectivity index is 1.82. The quantitative estimate of drug-likeness (QED) is 0.834. The molecule has 0 spiro atoms. The van der Waals surface area contributed by atoms with Crippen LogP contribution in [-0.2, 0) is 9.59 Å². The van der Waals surface area contributed by atoms with Gasteiger partial charge < -0.3 is 10.6 Å². The van der Waals surface area contributed by atoms with E-state index in [0.29, 0.717) is 18.0 Å². The highest BCUT2D eigenvalue weighted by molar-refractivity contribution is 7.12. The molecule has 1 aromatic heterocycles. The van der Waals surface area contributed by atoms with Crippen molar-refractivity contribution in [1.82, 2.24) is 4.90 Å². The number of rotatable bonds is 5. The maximum absolute atomic E-state index is 12.1. The van der Waals surface area contributed by atoms with Gasteiger partial charge in [-0.25, -0.2) is 0 Å². The SMILES string of the molecule is NC(=O)C1CCCN(C(=O)CCC(=O)c2cccs2)C1. The second kappa shape index (κ2) is 6.65. The van der Waals surface area contributed by atoms with E-state index in [1.807, 2.05) is 11.4 Å². The first-order valence-electron chi connectivity index (χ1n) is 6.71. The van der Waals surface area contributed by atoms with Gasteiger partial charge in [-0.05, 0) is 24.3 Å². The number of hydrogen-bond donors (Lipinski definition) is 1. The molecular formula is C14H18N2O3S. The Kier molecular flexibility index (Phi) is 4.89. The fourth-order valence-corrected chi connectivity index (χ4v) is 3.07. The first kappa shape index (κ1) is 14.7. The van der Waals surface area contributed by atoms with Gasteiger partial charge in [0.1, 0.15) is 0 Å². The predicted octanol–water partition coefficient (Wildman–Crippen LogP) is 1.43. The van der Waals surface area contributed by atoms with E-state index < -0.39 is 0 Å². The number of hydrogen-bond acceptors (Lipinski definition) is 4. The van der Waals surface area contributed by atoms with Crippen molar-refractivity contribution in [1.29, 1.82) is 0 Å². The molecule has 1 atom stereocenters. The predicted molar refractivity (Wildman–Crippen MR) is 76.4 cm³/mol. The summed E-state index contributed by atoms with van der Waals surface area (Å²) < 4.78 is 0. The van der Waals surface area contributed by atoms with Crippen LogP contribution in [0.3, 0.4) is 0 Å². The Bertz CT molecular complexity index is 499. The summed E-state index contributed by atoms with van der Waals surface area (Å²) in [5, 5.41) is 1.84. The molecule has 108 valence electrons. The van der Waals surface area contributed by atoms with E-state index in [0.717, 1.165) is 12.8 Å². The Morgan fingerprint density at radius 3 is 2.80 bits per heavy atom. The zero-order valence-corrected chi connectivity index (χ0v) is 12.0. The molecule has 20 heavy (non-hydrogen) atoms. The van der Waals surface area contributed by atoms with Crippen molar-refractivity contribution >= 4 is 28.9 Å². The number of thiophene rings is 1. The van der Waals surface area contributed by atoms with Crippen LogP contribution in [-0.4, -0.2) is 35.6 Å². The van der Waals surface area contributed by atoms with Crippen molar-refractivity contribution < 1.29 is 14.4 Å². The summed E-state index contributed by atoms with van der Waals surface area (Å²) in [7, 11) is 0. The summed E-state index contributed by atoms with van der Waals surface area (Å²) in [4.78, 5) is 37.4. The maximum atomic E-state index is 12.1. The summed E-state index contributed by atoms with van der Waals surface area (Å²) in [6.45, 7) is 1.04. The van der Waals surface area contributed by atoms with Crippen LogP contribution in [0.25, 0.3) is 0 Å². The van der Waals surface area contributed by atoms with Crippen LogP contribution in [0.2, 0.25) is 0 Å². The second-order valence-corrected chi connectivity index (χ2v) is 5.93. The van der Waals surface area contributed by atoms with Gasteiger partial charge in [0.2, 0.25) is 11.8 Å². The molecular weight excluding hydrogens is 276 g/mol. The van der Waals surface area contributed by atoms with E-state index in [1.165, 1.54) is 11.3 Å². The maximum Gasteiger partial charge on any atom is 0.223 e. The van der Waals surface area contributed by atoms with Gasteiger partial charge in [-0.3, -0.25) is 14.4 Å². The van der Waals surface area contributed by atoms with E-state index in [2.05, 4.69) is 0 Å². The molecule has 1 saturated heterocycles. The van der Waals surface area contributed by atoms with Crippen molar-refractivity contribution in [2.24, 2.45) is 11.7 Å². The molecule has 1 aliphatic rings. The van der Waals surface area contributed by atoms with Crippen LogP contribution in [0.5, 0.6) is 0 Å². The van der Waals surface area contributed by atoms with Gasteiger partial charge in [-0.1, -0.05) is 6.07 Å². The monoisotopic (exact) mass is 294 g/mol. The zero-order chi connectivity index (χ0) is 14.5. The van der Waals surface area contributed by atoms with Gasteiger partial charge in [0.25, 0.3) is 0 Å². The van der Waals surface area contributed by atoms with Crippen LogP contribution >= 0.6 is 11.3 Å². The molecule has 6 heteroatoms. The third-order valence-electron chi connectivity index (χ3n) is 3.54. The van der Waals surface area contributed by atoms with Crippen LogP contribution in [0.15, 0.2) is 17.5 Å². The lowest BCUT2D eigenvalue weighted by Crippen LogP contribution is -2.44. The Hall–Kier alpha value is -1.69. The number of carbonyl (C=O) groups is 3. The van der Waals surface area contributed by atoms with Crippen molar-refractivity contribution in [3.05, 3.63) is 22.4 Å². The molecule has 2 amide bonds. The lowest BCUT2D eigenvalue weighted by Gasteiger charge is -2.31. The molecule has 2 rings (SSSR count). The third kappa shape index (κ3) is 3.66. The van der Waals surface area contributed by atoms with E-state index >= 15 is 0 Å². The van der Waals surface area contributed by atoms with Gasteiger partial charge in [0.15, 0.2) is 5.78 Å². The van der Waals surface area contributed by atoms with Gasteiger partial charge in [-0.2, -0.15) is 0 Å². The van der Waals surface area contributed by atoms with E-state index in [1.54, 1.807) is 11.0 Å². The molecule has 2 heterocycles. The lowest BCUT2D eigenvalue weighted by atomic mass is 9.97. The molecule has 1 unspecified atom stereocenters. The number of amides is 2. The van der Waals surface area contributed by atoms with Crippen LogP contribution in [0, 0.1) is 5.92 Å². The van der Waals surface area contributed by atoms with Crippen molar-refractivity contribution in [3.63, 3.8) is 0 Å². The zero-order valence-electron chi connectivity index (χ0n) is 11.2. The summed E-state index contributed by atoms with van der Waals surface area (Å²) in [5.41, 5.74) is 5.29. The average Bonchev–Trinajstić information content (AvgIpc) is 2.98. The fourth-order valence-electron chi connectivity index (χ4n) is 2.37. The number of Topliss-reactive ketones (excluding diaryl/α,β-unsaturated/α-hetero) is 1. The van der Waals surface area contributed by atoms with Crippen molar-refractivity contribution in [2.45, 2.75) is 25.7 Å². The summed E-state index contributed by atoms with van der Waals surface area (Å²) in [6.07, 6.45) is 1.95. The number of carbonyl (C=O) groups excluding carboxylic acids is 3. The van der Waals surface area contributed by atoms with Crippen molar-refractivity contribution in [2.75, 3.05) is 13.1 Å². The Morgan fingerprint density at radius 2 is 2.15 bits per heavy atom. The third-order valence-corrected chi connectivity index (χ3v) is 4.45. The Morgan fingerprint density at radius 1 is 1.35 bits per heavy atom. The minimum absolute atomic E-state index is 0.00295. The number of ketones is 1. The van der Waals surface area contributed by atoms with Gasteiger partial charge >= 0.3 is 0 Å². The van der Waals surface area contributed by atoms with Crippen LogP contribution in [0.4, 0.5) is 0 Å². The van der Waals surface area contributed by atoms with E-state index in [9.17, 15) is 14.4 Å². The summed E-state index contributed by atoms with van der Waals surface area (Å²) in [5.74, 6) is -0.671. The highest BCUT2D eigenvalue weighted by Gasteiger charge is 2.27. The molecule has 0 aliphatic carbocycles. The lowest BCUT2D eigenvalue weighted by molar-refractivity contribution is -0.134. The van der Waals surface area contributed by atoms with Gasteiger partial charge in [0.05, 0.1) is 10.8 Å². The molecule has 0 radical (unpaired) electrons. The van der Waals surface area contributed by atoms with Crippen LogP contribution < -0.4 is 5.73 Å². The van der Waals surface area contributed by atoms with E-state index in [-0.39, 0.29) is 36.4 Å². The normalized spacial score (nSPS) is 18.8. The Labute approximate surface area is 121 Å². The van der Waals surface area contributed by atoms with Gasteiger partial charge in [-0.15, -0.1) is 11.3 Å². The molecule has 1 aromatic rings. The number of nitrogens with two attached hydrogens (primary N) is 1. The minimum Gasteiger partial charge on any atom is -0.369 e. The first-order chi connectivity index (χ1) is 9.58. The van der Waals surface area contributed by atoms with Gasteiger partial charge in [0, 0.05) is 25.9 Å². The highest BCUT2D eigenvalue weighted by atomic mass is 32.1. The largest absolute Gasteiger partial charge is 0.369 e.